The maximum Gasteiger partial charge on any atom is 0.125 e. The molecule has 0 unspecified atom stereocenters. The molecule has 0 aliphatic rings. The molecule has 0 fully saturated rings. The monoisotopic (exact) mass is 310 g/mol. The fourth-order valence-electron chi connectivity index (χ4n) is 1.63. The molecule has 0 bridgehead atoms. The zero-order valence-corrected chi connectivity index (χ0v) is 11.2. The van der Waals surface area contributed by atoms with Crippen LogP contribution in [0.4, 0.5) is 4.39 Å². The van der Waals surface area contributed by atoms with Crippen LogP contribution in [0.1, 0.15) is 11.1 Å². The molecule has 0 atom stereocenters. The second kappa shape index (κ2) is 5.98. The van der Waals surface area contributed by atoms with Gasteiger partial charge in [-0.3, -0.25) is 0 Å². The summed E-state index contributed by atoms with van der Waals surface area (Å²) in [6.45, 7) is 0.177. The van der Waals surface area contributed by atoms with E-state index in [0.717, 1.165) is 5.56 Å². The summed E-state index contributed by atoms with van der Waals surface area (Å²) < 4.78 is 19.4. The molecule has 94 valence electrons. The first-order valence-electron chi connectivity index (χ1n) is 5.45. The van der Waals surface area contributed by atoms with Gasteiger partial charge in [0.15, 0.2) is 0 Å². The van der Waals surface area contributed by atoms with Crippen LogP contribution >= 0.6 is 15.9 Å². The lowest BCUT2D eigenvalue weighted by Gasteiger charge is -2.10. The Labute approximate surface area is 113 Å². The van der Waals surface area contributed by atoms with Crippen molar-refractivity contribution in [2.24, 2.45) is 0 Å². The highest BCUT2D eigenvalue weighted by Gasteiger charge is 2.03. The molecule has 4 heteroatoms. The summed E-state index contributed by atoms with van der Waals surface area (Å²) in [7, 11) is 0. The van der Waals surface area contributed by atoms with Gasteiger partial charge in [-0.1, -0.05) is 34.1 Å². The van der Waals surface area contributed by atoms with Crippen LogP contribution in [0.15, 0.2) is 46.9 Å². The molecule has 1 N–H and O–H groups in total. The highest BCUT2D eigenvalue weighted by Crippen LogP contribution is 2.21. The normalized spacial score (nSPS) is 10.4. The zero-order valence-electron chi connectivity index (χ0n) is 9.57. The molecule has 0 spiro atoms. The molecule has 0 aliphatic carbocycles. The Bertz CT molecular complexity index is 523. The lowest BCUT2D eigenvalue weighted by atomic mass is 10.2. The molecule has 2 aromatic carbocycles. The molecular weight excluding hydrogens is 299 g/mol. The van der Waals surface area contributed by atoms with Gasteiger partial charge >= 0.3 is 0 Å². The van der Waals surface area contributed by atoms with Gasteiger partial charge in [0.25, 0.3) is 0 Å². The molecule has 0 radical (unpaired) electrons. The number of hydrogen-bond donors (Lipinski definition) is 1. The van der Waals surface area contributed by atoms with Crippen LogP contribution in [-0.4, -0.2) is 5.11 Å². The van der Waals surface area contributed by atoms with Crippen molar-refractivity contribution < 1.29 is 14.2 Å². The average molecular weight is 311 g/mol. The van der Waals surface area contributed by atoms with Gasteiger partial charge in [0.2, 0.25) is 0 Å². The van der Waals surface area contributed by atoms with Gasteiger partial charge in [-0.15, -0.1) is 0 Å². The number of para-hydroxylation sites is 1. The van der Waals surface area contributed by atoms with Crippen molar-refractivity contribution in [2.75, 3.05) is 0 Å². The number of hydrogen-bond acceptors (Lipinski definition) is 2. The summed E-state index contributed by atoms with van der Waals surface area (Å²) in [6, 6.07) is 11.8. The number of rotatable bonds is 4. The lowest BCUT2D eigenvalue weighted by Crippen LogP contribution is -1.99. The van der Waals surface area contributed by atoms with Crippen LogP contribution in [0, 0.1) is 5.82 Å². The maximum atomic E-state index is 13.2. The van der Waals surface area contributed by atoms with E-state index in [9.17, 15) is 4.39 Å². The van der Waals surface area contributed by atoms with Gasteiger partial charge < -0.3 is 9.84 Å². The molecule has 2 aromatic rings. The molecule has 0 amide bonds. The van der Waals surface area contributed by atoms with E-state index in [0.29, 0.717) is 15.8 Å². The molecule has 2 rings (SSSR count). The molecule has 2 nitrogen and oxygen atoms in total. The molecule has 0 saturated carbocycles. The van der Waals surface area contributed by atoms with Crippen molar-refractivity contribution in [1.82, 2.24) is 0 Å². The molecule has 0 aliphatic heterocycles. The smallest absolute Gasteiger partial charge is 0.125 e. The largest absolute Gasteiger partial charge is 0.489 e. The summed E-state index contributed by atoms with van der Waals surface area (Å²) in [4.78, 5) is 0. The van der Waals surface area contributed by atoms with Gasteiger partial charge in [0, 0.05) is 10.0 Å². The number of ether oxygens (including phenoxy) is 1. The number of aliphatic hydroxyl groups is 1. The fourth-order valence-corrected chi connectivity index (χ4v) is 2.14. The molecule has 0 saturated heterocycles. The zero-order chi connectivity index (χ0) is 13.0. The molecule has 18 heavy (non-hydrogen) atoms. The van der Waals surface area contributed by atoms with E-state index < -0.39 is 0 Å². The van der Waals surface area contributed by atoms with Crippen LogP contribution in [0.25, 0.3) is 0 Å². The summed E-state index contributed by atoms with van der Waals surface area (Å²) >= 11 is 3.23. The Morgan fingerprint density at radius 1 is 1.17 bits per heavy atom. The Hall–Kier alpha value is -1.39. The van der Waals surface area contributed by atoms with E-state index >= 15 is 0 Å². The van der Waals surface area contributed by atoms with Crippen LogP contribution in [0.3, 0.4) is 0 Å². The van der Waals surface area contributed by atoms with Gasteiger partial charge in [0.05, 0.1) is 6.61 Å². The summed E-state index contributed by atoms with van der Waals surface area (Å²) in [5.74, 6) is 0.304. The Morgan fingerprint density at radius 2 is 1.94 bits per heavy atom. The molecule has 0 aromatic heterocycles. The minimum Gasteiger partial charge on any atom is -0.489 e. The van der Waals surface area contributed by atoms with Gasteiger partial charge in [-0.05, 0) is 29.8 Å². The first-order chi connectivity index (χ1) is 8.69. The number of halogens is 2. The van der Waals surface area contributed by atoms with Crippen molar-refractivity contribution >= 4 is 15.9 Å². The van der Waals surface area contributed by atoms with Crippen molar-refractivity contribution in [3.05, 3.63) is 63.9 Å². The SMILES string of the molecule is OCc1ccccc1OCc1cc(F)cc(Br)c1. The van der Waals surface area contributed by atoms with Crippen LogP contribution in [0.2, 0.25) is 0 Å². The van der Waals surface area contributed by atoms with E-state index in [1.54, 1.807) is 18.2 Å². The highest BCUT2D eigenvalue weighted by molar-refractivity contribution is 9.10. The van der Waals surface area contributed by atoms with E-state index in [-0.39, 0.29) is 19.0 Å². The Morgan fingerprint density at radius 3 is 2.67 bits per heavy atom. The second-order valence-electron chi connectivity index (χ2n) is 3.83. The van der Waals surface area contributed by atoms with E-state index in [1.165, 1.54) is 12.1 Å². The van der Waals surface area contributed by atoms with Crippen molar-refractivity contribution in [3.63, 3.8) is 0 Å². The minimum absolute atomic E-state index is 0.0803. The lowest BCUT2D eigenvalue weighted by molar-refractivity contribution is 0.259. The fraction of sp³-hybridized carbons (Fsp3) is 0.143. The van der Waals surface area contributed by atoms with Crippen molar-refractivity contribution in [2.45, 2.75) is 13.2 Å². The van der Waals surface area contributed by atoms with Gasteiger partial charge in [-0.25, -0.2) is 4.39 Å². The summed E-state index contributed by atoms with van der Waals surface area (Å²) in [5.41, 5.74) is 1.45. The van der Waals surface area contributed by atoms with Crippen LogP contribution < -0.4 is 4.74 Å². The van der Waals surface area contributed by atoms with Crippen molar-refractivity contribution in [1.29, 1.82) is 0 Å². The standard InChI is InChI=1S/C14H12BrFO2/c15-12-5-10(6-13(16)7-12)9-18-14-4-2-1-3-11(14)8-17/h1-7,17H,8-9H2. The summed E-state index contributed by atoms with van der Waals surface area (Å²) in [5, 5.41) is 9.16. The van der Waals surface area contributed by atoms with E-state index in [1.807, 2.05) is 12.1 Å². The molecule has 0 heterocycles. The second-order valence-corrected chi connectivity index (χ2v) is 4.75. The first-order valence-corrected chi connectivity index (χ1v) is 6.25. The van der Waals surface area contributed by atoms with Gasteiger partial charge in [-0.2, -0.15) is 0 Å². The van der Waals surface area contributed by atoms with E-state index in [2.05, 4.69) is 15.9 Å². The summed E-state index contributed by atoms with van der Waals surface area (Å²) in [6.07, 6.45) is 0. The Balaban J connectivity index is 2.11. The maximum absolute atomic E-state index is 13.2. The number of benzene rings is 2. The highest BCUT2D eigenvalue weighted by atomic mass is 79.9. The first kappa shape index (κ1) is 13.1. The van der Waals surface area contributed by atoms with Crippen molar-refractivity contribution in [3.8, 4) is 5.75 Å². The predicted molar refractivity (Wildman–Crippen MR) is 70.8 cm³/mol. The minimum atomic E-state index is -0.307. The van der Waals surface area contributed by atoms with E-state index in [4.69, 9.17) is 9.84 Å². The van der Waals surface area contributed by atoms with Crippen LogP contribution in [-0.2, 0) is 13.2 Å². The predicted octanol–water partition coefficient (Wildman–Crippen LogP) is 3.66. The third-order valence-corrected chi connectivity index (χ3v) is 2.92. The van der Waals surface area contributed by atoms with Crippen LogP contribution in [0.5, 0.6) is 5.75 Å². The third kappa shape index (κ3) is 3.31. The Kier molecular flexibility index (Phi) is 4.33. The molecular formula is C14H12BrFO2. The number of aliphatic hydroxyl groups excluding tert-OH is 1. The quantitative estimate of drug-likeness (QED) is 0.934. The third-order valence-electron chi connectivity index (χ3n) is 2.46. The average Bonchev–Trinajstić information content (AvgIpc) is 2.35. The van der Waals surface area contributed by atoms with Gasteiger partial charge in [0.1, 0.15) is 18.2 Å². The topological polar surface area (TPSA) is 29.5 Å².